The van der Waals surface area contributed by atoms with Crippen molar-refractivity contribution in [3.63, 3.8) is 0 Å². The zero-order valence-corrected chi connectivity index (χ0v) is 11.3. The van der Waals surface area contributed by atoms with Crippen LogP contribution in [0.2, 0.25) is 0 Å². The lowest BCUT2D eigenvalue weighted by atomic mass is 9.90. The zero-order chi connectivity index (χ0) is 14.3. The van der Waals surface area contributed by atoms with Gasteiger partial charge in [-0.25, -0.2) is 0 Å². The van der Waals surface area contributed by atoms with Crippen LogP contribution in [0.1, 0.15) is 31.9 Å². The summed E-state index contributed by atoms with van der Waals surface area (Å²) in [6, 6.07) is 5.11. The van der Waals surface area contributed by atoms with Crippen LogP contribution in [0.3, 0.4) is 0 Å². The molecule has 0 spiro atoms. The van der Waals surface area contributed by atoms with E-state index in [0.717, 1.165) is 18.7 Å². The van der Waals surface area contributed by atoms with Gasteiger partial charge in [0.2, 0.25) is 0 Å². The molecule has 0 amide bonds. The van der Waals surface area contributed by atoms with Gasteiger partial charge >= 0.3 is 6.18 Å². The van der Waals surface area contributed by atoms with Crippen molar-refractivity contribution in [2.24, 2.45) is 5.41 Å². The number of hydrogen-bond donors (Lipinski definition) is 1. The molecule has 0 bridgehead atoms. The van der Waals surface area contributed by atoms with Crippen molar-refractivity contribution in [2.75, 3.05) is 13.2 Å². The molecule has 106 valence electrons. The molecule has 1 N–H and O–H groups in total. The Balaban J connectivity index is 2.19. The number of benzene rings is 1. The number of halogens is 3. The number of ether oxygens (including phenoxy) is 1. The normalized spacial score (nSPS) is 27.3. The summed E-state index contributed by atoms with van der Waals surface area (Å²) in [6.45, 7) is 7.31. The lowest BCUT2D eigenvalue weighted by molar-refractivity contribution is -0.138. The van der Waals surface area contributed by atoms with Gasteiger partial charge in [-0.2, -0.15) is 13.2 Å². The molecule has 1 aromatic carbocycles. The summed E-state index contributed by atoms with van der Waals surface area (Å²) in [5.41, 5.74) is -0.627. The van der Waals surface area contributed by atoms with Gasteiger partial charge in [0.05, 0.1) is 12.2 Å². The SMILES string of the molecule is CC1(C)CNC(C)(c2ccc(C(F)(F)F)cc2)OC1. The Morgan fingerprint density at radius 3 is 2.11 bits per heavy atom. The van der Waals surface area contributed by atoms with Gasteiger partial charge in [-0.1, -0.05) is 26.0 Å². The summed E-state index contributed by atoms with van der Waals surface area (Å²) in [4.78, 5) is 0. The summed E-state index contributed by atoms with van der Waals surface area (Å²) in [5, 5.41) is 3.26. The highest BCUT2D eigenvalue weighted by Gasteiger charge is 2.37. The highest BCUT2D eigenvalue weighted by molar-refractivity contribution is 5.28. The van der Waals surface area contributed by atoms with E-state index < -0.39 is 17.5 Å². The third-order valence-electron chi connectivity index (χ3n) is 3.42. The Hall–Kier alpha value is -1.07. The number of rotatable bonds is 1. The van der Waals surface area contributed by atoms with Gasteiger partial charge in [0.1, 0.15) is 5.72 Å². The van der Waals surface area contributed by atoms with Crippen LogP contribution in [0, 0.1) is 5.41 Å². The van der Waals surface area contributed by atoms with Crippen molar-refractivity contribution in [1.82, 2.24) is 5.32 Å². The first kappa shape index (κ1) is 14.3. The van der Waals surface area contributed by atoms with Gasteiger partial charge in [0, 0.05) is 12.0 Å². The van der Waals surface area contributed by atoms with Crippen molar-refractivity contribution in [3.05, 3.63) is 35.4 Å². The van der Waals surface area contributed by atoms with E-state index in [9.17, 15) is 13.2 Å². The molecule has 0 radical (unpaired) electrons. The van der Waals surface area contributed by atoms with E-state index in [1.165, 1.54) is 12.1 Å². The molecule has 0 saturated carbocycles. The van der Waals surface area contributed by atoms with E-state index in [1.807, 2.05) is 6.92 Å². The van der Waals surface area contributed by atoms with Gasteiger partial charge in [0.15, 0.2) is 0 Å². The average Bonchev–Trinajstić information content (AvgIpc) is 2.33. The molecular formula is C14H18F3NO. The zero-order valence-electron chi connectivity index (χ0n) is 11.3. The standard InChI is InChI=1S/C14H18F3NO/c1-12(2)8-18-13(3,19-9-12)10-4-6-11(7-5-10)14(15,16)17/h4-7,18H,8-9H2,1-3H3. The molecule has 1 aliphatic rings. The topological polar surface area (TPSA) is 21.3 Å². The molecule has 1 unspecified atom stereocenters. The summed E-state index contributed by atoms with van der Waals surface area (Å²) in [6.07, 6.45) is -4.30. The first-order valence-electron chi connectivity index (χ1n) is 6.19. The largest absolute Gasteiger partial charge is 0.416 e. The Labute approximate surface area is 111 Å². The smallest absolute Gasteiger partial charge is 0.356 e. The molecule has 19 heavy (non-hydrogen) atoms. The molecular weight excluding hydrogens is 255 g/mol. The number of hydrogen-bond acceptors (Lipinski definition) is 2. The van der Waals surface area contributed by atoms with Gasteiger partial charge in [0.25, 0.3) is 0 Å². The molecule has 1 aliphatic heterocycles. The monoisotopic (exact) mass is 273 g/mol. The fourth-order valence-corrected chi connectivity index (χ4v) is 2.01. The second-order valence-electron chi connectivity index (χ2n) is 5.91. The number of alkyl halides is 3. The van der Waals surface area contributed by atoms with Crippen molar-refractivity contribution >= 4 is 0 Å². The Morgan fingerprint density at radius 1 is 1.11 bits per heavy atom. The maximum absolute atomic E-state index is 12.5. The highest BCUT2D eigenvalue weighted by Crippen LogP contribution is 2.34. The van der Waals surface area contributed by atoms with E-state index in [0.29, 0.717) is 12.2 Å². The van der Waals surface area contributed by atoms with Crippen LogP contribution >= 0.6 is 0 Å². The van der Waals surface area contributed by atoms with Crippen molar-refractivity contribution in [1.29, 1.82) is 0 Å². The molecule has 1 atom stereocenters. The second kappa shape index (κ2) is 4.49. The third-order valence-corrected chi connectivity index (χ3v) is 3.42. The van der Waals surface area contributed by atoms with E-state index in [4.69, 9.17) is 4.74 Å². The summed E-state index contributed by atoms with van der Waals surface area (Å²) in [5.74, 6) is 0. The molecule has 2 rings (SSSR count). The maximum Gasteiger partial charge on any atom is 0.416 e. The van der Waals surface area contributed by atoms with E-state index in [-0.39, 0.29) is 5.41 Å². The lowest BCUT2D eigenvalue weighted by Crippen LogP contribution is -2.53. The van der Waals surface area contributed by atoms with Crippen LogP contribution < -0.4 is 5.32 Å². The van der Waals surface area contributed by atoms with Crippen LogP contribution in [-0.2, 0) is 16.6 Å². The Morgan fingerprint density at radius 2 is 1.68 bits per heavy atom. The average molecular weight is 273 g/mol. The first-order chi connectivity index (χ1) is 8.62. The second-order valence-corrected chi connectivity index (χ2v) is 5.91. The van der Waals surface area contributed by atoms with E-state index in [2.05, 4.69) is 19.2 Å². The minimum Gasteiger partial charge on any atom is -0.356 e. The van der Waals surface area contributed by atoms with Gasteiger partial charge in [-0.15, -0.1) is 0 Å². The predicted molar refractivity (Wildman–Crippen MR) is 66.5 cm³/mol. The van der Waals surface area contributed by atoms with Gasteiger partial charge in [-0.3, -0.25) is 5.32 Å². The van der Waals surface area contributed by atoms with Crippen LogP contribution in [0.25, 0.3) is 0 Å². The lowest BCUT2D eigenvalue weighted by Gasteiger charge is -2.42. The van der Waals surface area contributed by atoms with Gasteiger partial charge in [-0.05, 0) is 24.6 Å². The summed E-state index contributed by atoms with van der Waals surface area (Å²) < 4.78 is 43.3. The van der Waals surface area contributed by atoms with Crippen molar-refractivity contribution in [2.45, 2.75) is 32.7 Å². The maximum atomic E-state index is 12.5. The molecule has 1 heterocycles. The summed E-state index contributed by atoms with van der Waals surface area (Å²) in [7, 11) is 0. The molecule has 1 aromatic rings. The predicted octanol–water partition coefficient (Wildman–Crippen LogP) is 3.52. The molecule has 1 fully saturated rings. The van der Waals surface area contributed by atoms with Gasteiger partial charge < -0.3 is 4.74 Å². The molecule has 0 aliphatic carbocycles. The van der Waals surface area contributed by atoms with E-state index >= 15 is 0 Å². The first-order valence-corrected chi connectivity index (χ1v) is 6.19. The molecule has 2 nitrogen and oxygen atoms in total. The summed E-state index contributed by atoms with van der Waals surface area (Å²) >= 11 is 0. The Bertz CT molecular complexity index is 441. The minimum atomic E-state index is -4.30. The molecule has 5 heteroatoms. The van der Waals surface area contributed by atoms with Crippen molar-refractivity contribution < 1.29 is 17.9 Å². The third kappa shape index (κ3) is 3.09. The van der Waals surface area contributed by atoms with E-state index in [1.54, 1.807) is 0 Å². The highest BCUT2D eigenvalue weighted by atomic mass is 19.4. The molecule has 0 aromatic heterocycles. The van der Waals surface area contributed by atoms with Crippen LogP contribution in [0.15, 0.2) is 24.3 Å². The van der Waals surface area contributed by atoms with Crippen LogP contribution in [0.4, 0.5) is 13.2 Å². The number of nitrogens with one attached hydrogen (secondary N) is 1. The fraction of sp³-hybridized carbons (Fsp3) is 0.571. The quantitative estimate of drug-likeness (QED) is 0.845. The van der Waals surface area contributed by atoms with Crippen LogP contribution in [0.5, 0.6) is 0 Å². The fourth-order valence-electron chi connectivity index (χ4n) is 2.01. The minimum absolute atomic E-state index is 0.0332. The molecule has 1 saturated heterocycles. The Kier molecular flexibility index (Phi) is 3.39. The van der Waals surface area contributed by atoms with Crippen LogP contribution in [-0.4, -0.2) is 13.2 Å². The van der Waals surface area contributed by atoms with Crippen molar-refractivity contribution in [3.8, 4) is 0 Å².